The smallest absolute Gasteiger partial charge is 0.0569 e. The molecule has 1 heterocycles. The number of hydrogen-bond acceptors (Lipinski definition) is 3. The fourth-order valence-corrected chi connectivity index (χ4v) is 1.96. The Labute approximate surface area is 115 Å². The molecule has 19 heavy (non-hydrogen) atoms. The predicted molar refractivity (Wildman–Crippen MR) is 80.3 cm³/mol. The summed E-state index contributed by atoms with van der Waals surface area (Å²) in [7, 11) is 2.09. The number of rotatable bonds is 5. The molecule has 0 amide bonds. The van der Waals surface area contributed by atoms with Crippen molar-refractivity contribution in [2.24, 2.45) is 5.73 Å². The van der Waals surface area contributed by atoms with Crippen molar-refractivity contribution in [2.45, 2.75) is 19.4 Å². The third kappa shape index (κ3) is 3.80. The van der Waals surface area contributed by atoms with Gasteiger partial charge in [-0.1, -0.05) is 30.3 Å². The molecule has 0 aliphatic carbocycles. The minimum Gasteiger partial charge on any atom is -0.373 e. The van der Waals surface area contributed by atoms with Gasteiger partial charge in [0.15, 0.2) is 0 Å². The molecule has 100 valence electrons. The number of nitrogens with zero attached hydrogens (tertiary/aromatic N) is 2. The zero-order valence-corrected chi connectivity index (χ0v) is 11.6. The van der Waals surface area contributed by atoms with Crippen LogP contribution in [-0.2, 0) is 6.42 Å². The maximum atomic E-state index is 5.80. The van der Waals surface area contributed by atoms with Crippen molar-refractivity contribution in [2.75, 3.05) is 18.5 Å². The average molecular weight is 255 g/mol. The van der Waals surface area contributed by atoms with Crippen molar-refractivity contribution >= 4 is 5.69 Å². The lowest BCUT2D eigenvalue weighted by molar-refractivity contribution is 0.778. The Bertz CT molecular complexity index is 491. The summed E-state index contributed by atoms with van der Waals surface area (Å²) in [6, 6.07) is 14.6. The minimum atomic E-state index is -0.0105. The minimum absolute atomic E-state index is 0.0105. The molecule has 2 rings (SSSR count). The lowest BCUT2D eigenvalue weighted by atomic mass is 10.1. The molecule has 0 fully saturated rings. The highest BCUT2D eigenvalue weighted by atomic mass is 15.1. The highest BCUT2D eigenvalue weighted by molar-refractivity contribution is 5.44. The monoisotopic (exact) mass is 255 g/mol. The number of likely N-dealkylation sites (N-methyl/N-ethyl adjacent to an activating group) is 1. The van der Waals surface area contributed by atoms with Crippen molar-refractivity contribution in [3.8, 4) is 0 Å². The van der Waals surface area contributed by atoms with Crippen molar-refractivity contribution in [3.63, 3.8) is 0 Å². The number of pyridine rings is 1. The fraction of sp³-hybridized carbons (Fsp3) is 0.312. The fourth-order valence-electron chi connectivity index (χ4n) is 1.96. The normalized spacial score (nSPS) is 12.2. The molecule has 0 radical (unpaired) electrons. The maximum absolute atomic E-state index is 5.80. The molecule has 0 aliphatic rings. The van der Waals surface area contributed by atoms with E-state index in [2.05, 4.69) is 47.3 Å². The topological polar surface area (TPSA) is 42.1 Å². The van der Waals surface area contributed by atoms with E-state index in [4.69, 9.17) is 5.73 Å². The number of nitrogens with two attached hydrogens (primary N) is 1. The molecule has 3 heteroatoms. The van der Waals surface area contributed by atoms with Gasteiger partial charge < -0.3 is 10.6 Å². The van der Waals surface area contributed by atoms with Gasteiger partial charge in [0.25, 0.3) is 0 Å². The van der Waals surface area contributed by atoms with Crippen LogP contribution < -0.4 is 10.6 Å². The Hall–Kier alpha value is -1.87. The van der Waals surface area contributed by atoms with Crippen LogP contribution in [0.5, 0.6) is 0 Å². The van der Waals surface area contributed by atoms with E-state index in [0.29, 0.717) is 0 Å². The molecule has 0 unspecified atom stereocenters. The third-order valence-electron chi connectivity index (χ3n) is 3.26. The van der Waals surface area contributed by atoms with Crippen LogP contribution in [0.3, 0.4) is 0 Å². The van der Waals surface area contributed by atoms with Gasteiger partial charge in [-0.15, -0.1) is 0 Å². The highest BCUT2D eigenvalue weighted by Crippen LogP contribution is 2.14. The van der Waals surface area contributed by atoms with Crippen LogP contribution in [0.4, 0.5) is 5.69 Å². The largest absolute Gasteiger partial charge is 0.373 e. The molecule has 0 saturated carbocycles. The molecule has 0 bridgehead atoms. The molecule has 0 spiro atoms. The van der Waals surface area contributed by atoms with Crippen LogP contribution in [-0.4, -0.2) is 18.6 Å². The molecule has 1 aromatic carbocycles. The summed E-state index contributed by atoms with van der Waals surface area (Å²) in [5, 5.41) is 0. The van der Waals surface area contributed by atoms with Crippen LogP contribution in [0.25, 0.3) is 0 Å². The lowest BCUT2D eigenvalue weighted by Gasteiger charge is -2.19. The second kappa shape index (κ2) is 6.34. The maximum Gasteiger partial charge on any atom is 0.0569 e. The zero-order chi connectivity index (χ0) is 13.7. The number of benzene rings is 1. The summed E-state index contributed by atoms with van der Waals surface area (Å²) < 4.78 is 0. The molecule has 2 N–H and O–H groups in total. The Morgan fingerprint density at radius 3 is 2.47 bits per heavy atom. The van der Waals surface area contributed by atoms with E-state index in [9.17, 15) is 0 Å². The van der Waals surface area contributed by atoms with Gasteiger partial charge >= 0.3 is 0 Å². The van der Waals surface area contributed by atoms with E-state index < -0.39 is 0 Å². The van der Waals surface area contributed by atoms with Crippen LogP contribution in [0.2, 0.25) is 0 Å². The van der Waals surface area contributed by atoms with Crippen molar-refractivity contribution < 1.29 is 0 Å². The first-order valence-corrected chi connectivity index (χ1v) is 6.63. The van der Waals surface area contributed by atoms with Gasteiger partial charge in [-0.25, -0.2) is 0 Å². The van der Waals surface area contributed by atoms with Crippen molar-refractivity contribution in [1.29, 1.82) is 0 Å². The summed E-state index contributed by atoms with van der Waals surface area (Å²) in [6.45, 7) is 2.92. The van der Waals surface area contributed by atoms with Gasteiger partial charge in [-0.05, 0) is 31.0 Å². The van der Waals surface area contributed by atoms with Crippen LogP contribution in [0.1, 0.15) is 24.2 Å². The van der Waals surface area contributed by atoms with Gasteiger partial charge in [0, 0.05) is 19.6 Å². The van der Waals surface area contributed by atoms with E-state index >= 15 is 0 Å². The first kappa shape index (κ1) is 13.6. The molecular weight excluding hydrogens is 234 g/mol. The third-order valence-corrected chi connectivity index (χ3v) is 3.26. The summed E-state index contributed by atoms with van der Waals surface area (Å²) in [6.07, 6.45) is 2.93. The van der Waals surface area contributed by atoms with E-state index in [0.717, 1.165) is 24.3 Å². The Balaban J connectivity index is 1.94. The summed E-state index contributed by atoms with van der Waals surface area (Å²) >= 11 is 0. The van der Waals surface area contributed by atoms with Gasteiger partial charge in [0.05, 0.1) is 17.6 Å². The molecule has 1 aromatic heterocycles. The second-order valence-electron chi connectivity index (χ2n) is 4.89. The van der Waals surface area contributed by atoms with Gasteiger partial charge in [0.2, 0.25) is 0 Å². The van der Waals surface area contributed by atoms with Gasteiger partial charge in [-0.3, -0.25) is 4.98 Å². The Morgan fingerprint density at radius 2 is 1.89 bits per heavy atom. The van der Waals surface area contributed by atoms with E-state index in [1.165, 1.54) is 5.56 Å². The first-order valence-electron chi connectivity index (χ1n) is 6.63. The first-order chi connectivity index (χ1) is 9.16. The van der Waals surface area contributed by atoms with Gasteiger partial charge in [-0.2, -0.15) is 0 Å². The lowest BCUT2D eigenvalue weighted by Crippen LogP contribution is -2.20. The summed E-state index contributed by atoms with van der Waals surface area (Å²) in [4.78, 5) is 6.60. The standard InChI is InChI=1S/C16H21N3/c1-13(17)16-9-8-15(12-18-16)19(2)11-10-14-6-4-3-5-7-14/h3-9,12-13H,10-11,17H2,1-2H3/t13-/m1/s1. The second-order valence-corrected chi connectivity index (χ2v) is 4.89. The van der Waals surface area contributed by atoms with Crippen molar-refractivity contribution in [3.05, 3.63) is 59.9 Å². The molecule has 0 aliphatic heterocycles. The van der Waals surface area contributed by atoms with E-state index in [-0.39, 0.29) is 6.04 Å². The highest BCUT2D eigenvalue weighted by Gasteiger charge is 2.04. The van der Waals surface area contributed by atoms with E-state index in [1.54, 1.807) is 0 Å². The zero-order valence-electron chi connectivity index (χ0n) is 11.6. The number of aromatic nitrogens is 1. The number of anilines is 1. The van der Waals surface area contributed by atoms with Gasteiger partial charge in [0.1, 0.15) is 0 Å². The molecule has 1 atom stereocenters. The summed E-state index contributed by atoms with van der Waals surface area (Å²) in [5.74, 6) is 0. The molecule has 3 nitrogen and oxygen atoms in total. The molecule has 2 aromatic rings. The molecular formula is C16H21N3. The predicted octanol–water partition coefficient (Wildman–Crippen LogP) is 2.78. The quantitative estimate of drug-likeness (QED) is 0.893. The Morgan fingerprint density at radius 1 is 1.16 bits per heavy atom. The van der Waals surface area contributed by atoms with Crippen LogP contribution in [0.15, 0.2) is 48.7 Å². The van der Waals surface area contributed by atoms with Crippen LogP contribution in [0, 0.1) is 0 Å². The molecule has 0 saturated heterocycles. The summed E-state index contributed by atoms with van der Waals surface area (Å²) in [5.41, 5.74) is 9.21. The van der Waals surface area contributed by atoms with E-state index in [1.807, 2.05) is 25.3 Å². The average Bonchev–Trinajstić information content (AvgIpc) is 2.46. The van der Waals surface area contributed by atoms with Crippen LogP contribution >= 0.6 is 0 Å². The SMILES string of the molecule is C[C@@H](N)c1ccc(N(C)CCc2ccccc2)cn1. The number of hydrogen-bond donors (Lipinski definition) is 1. The Kier molecular flexibility index (Phi) is 4.53. The van der Waals surface area contributed by atoms with Crippen molar-refractivity contribution in [1.82, 2.24) is 4.98 Å².